The number of nitrogens with two attached hydrogens (primary N) is 1. The lowest BCUT2D eigenvalue weighted by Crippen LogP contribution is -2.45. The van der Waals surface area contributed by atoms with Crippen LogP contribution < -0.4 is 15.8 Å². The Morgan fingerprint density at radius 3 is 2.54 bits per heavy atom. The van der Waals surface area contributed by atoms with Gasteiger partial charge in [-0.2, -0.15) is 0 Å². The molecule has 1 aliphatic heterocycles. The fourth-order valence-electron chi connectivity index (χ4n) is 3.01. The van der Waals surface area contributed by atoms with Gasteiger partial charge in [0.1, 0.15) is 17.4 Å². The zero-order chi connectivity index (χ0) is 18.6. The molecule has 1 heterocycles. The number of aryl methyl sites for hydroxylation is 1. The van der Waals surface area contributed by atoms with Crippen molar-refractivity contribution >= 4 is 11.6 Å². The third-order valence-corrected chi connectivity index (χ3v) is 4.74. The number of rotatable bonds is 5. The van der Waals surface area contributed by atoms with Crippen LogP contribution in [0.5, 0.6) is 5.75 Å². The van der Waals surface area contributed by atoms with E-state index in [1.807, 2.05) is 55.5 Å². The predicted molar refractivity (Wildman–Crippen MR) is 102 cm³/mol. The number of ether oxygens (including phenoxy) is 2. The molecule has 3 N–H and O–H groups in total. The Bertz CT molecular complexity index is 753. The first kappa shape index (κ1) is 18.4. The van der Waals surface area contributed by atoms with Crippen LogP contribution in [0, 0.1) is 6.92 Å². The zero-order valence-corrected chi connectivity index (χ0v) is 15.3. The Hall–Kier alpha value is -2.37. The van der Waals surface area contributed by atoms with Gasteiger partial charge in [0.05, 0.1) is 13.2 Å². The Morgan fingerprint density at radius 2 is 1.88 bits per heavy atom. The average molecular weight is 354 g/mol. The molecule has 0 saturated carbocycles. The molecule has 5 nitrogen and oxygen atoms in total. The summed E-state index contributed by atoms with van der Waals surface area (Å²) in [5.41, 5.74) is 7.63. The molecule has 5 heteroatoms. The summed E-state index contributed by atoms with van der Waals surface area (Å²) in [5, 5.41) is 2.91. The van der Waals surface area contributed by atoms with E-state index in [0.717, 1.165) is 42.9 Å². The van der Waals surface area contributed by atoms with Crippen LogP contribution in [-0.2, 0) is 15.1 Å². The SMILES string of the molecule is Cc1cc(NC(=O)C(C)(N)c2ccccc2)ccc1OC1CCOCC1. The minimum atomic E-state index is -1.10. The molecular weight excluding hydrogens is 328 g/mol. The van der Waals surface area contributed by atoms with Crippen molar-refractivity contribution in [2.75, 3.05) is 18.5 Å². The molecule has 1 atom stereocenters. The molecule has 1 unspecified atom stereocenters. The minimum Gasteiger partial charge on any atom is -0.490 e. The van der Waals surface area contributed by atoms with E-state index in [1.54, 1.807) is 6.92 Å². The second-order valence-electron chi connectivity index (χ2n) is 6.93. The lowest BCUT2D eigenvalue weighted by molar-refractivity contribution is -0.120. The molecule has 1 saturated heterocycles. The molecule has 0 aliphatic carbocycles. The summed E-state index contributed by atoms with van der Waals surface area (Å²) >= 11 is 0. The van der Waals surface area contributed by atoms with Crippen molar-refractivity contribution in [3.63, 3.8) is 0 Å². The van der Waals surface area contributed by atoms with Crippen LogP contribution in [0.1, 0.15) is 30.9 Å². The highest BCUT2D eigenvalue weighted by Crippen LogP contribution is 2.26. The van der Waals surface area contributed by atoms with Gasteiger partial charge in [-0.05, 0) is 43.2 Å². The summed E-state index contributed by atoms with van der Waals surface area (Å²) in [6.45, 7) is 5.18. The Kier molecular flexibility index (Phi) is 5.59. The highest BCUT2D eigenvalue weighted by molar-refractivity contribution is 5.98. The van der Waals surface area contributed by atoms with Crippen molar-refractivity contribution in [2.45, 2.75) is 38.3 Å². The molecule has 0 radical (unpaired) electrons. The number of anilines is 1. The molecule has 138 valence electrons. The van der Waals surface area contributed by atoms with Gasteiger partial charge in [0, 0.05) is 18.5 Å². The van der Waals surface area contributed by atoms with Crippen LogP contribution in [-0.4, -0.2) is 25.2 Å². The van der Waals surface area contributed by atoms with E-state index in [4.69, 9.17) is 15.2 Å². The molecule has 3 rings (SSSR count). The molecular formula is C21H26N2O3. The largest absolute Gasteiger partial charge is 0.490 e. The maximum atomic E-state index is 12.7. The predicted octanol–water partition coefficient (Wildman–Crippen LogP) is 3.37. The highest BCUT2D eigenvalue weighted by Gasteiger charge is 2.30. The van der Waals surface area contributed by atoms with Crippen LogP contribution in [0.3, 0.4) is 0 Å². The third kappa shape index (κ3) is 4.23. The van der Waals surface area contributed by atoms with E-state index < -0.39 is 5.54 Å². The van der Waals surface area contributed by atoms with Gasteiger partial charge in [0.15, 0.2) is 0 Å². The Morgan fingerprint density at radius 1 is 1.19 bits per heavy atom. The lowest BCUT2D eigenvalue weighted by atomic mass is 9.92. The normalized spacial score (nSPS) is 17.3. The van der Waals surface area contributed by atoms with E-state index in [2.05, 4.69) is 5.32 Å². The zero-order valence-electron chi connectivity index (χ0n) is 15.3. The summed E-state index contributed by atoms with van der Waals surface area (Å²) in [6, 6.07) is 15.0. The number of nitrogens with one attached hydrogen (secondary N) is 1. The fraction of sp³-hybridized carbons (Fsp3) is 0.381. The van der Waals surface area contributed by atoms with E-state index in [9.17, 15) is 4.79 Å². The second kappa shape index (κ2) is 7.89. The first-order valence-corrected chi connectivity index (χ1v) is 8.98. The second-order valence-corrected chi connectivity index (χ2v) is 6.93. The van der Waals surface area contributed by atoms with Gasteiger partial charge < -0.3 is 20.5 Å². The number of hydrogen-bond donors (Lipinski definition) is 2. The van der Waals surface area contributed by atoms with Crippen LogP contribution in [0.15, 0.2) is 48.5 Å². The van der Waals surface area contributed by atoms with Gasteiger partial charge in [-0.1, -0.05) is 30.3 Å². The van der Waals surface area contributed by atoms with Crippen LogP contribution in [0.2, 0.25) is 0 Å². The van der Waals surface area contributed by atoms with E-state index >= 15 is 0 Å². The topological polar surface area (TPSA) is 73.6 Å². The lowest BCUT2D eigenvalue weighted by Gasteiger charge is -2.25. The average Bonchev–Trinajstić information content (AvgIpc) is 2.65. The van der Waals surface area contributed by atoms with Gasteiger partial charge in [-0.25, -0.2) is 0 Å². The van der Waals surface area contributed by atoms with Crippen molar-refractivity contribution in [3.05, 3.63) is 59.7 Å². The quantitative estimate of drug-likeness (QED) is 0.863. The smallest absolute Gasteiger partial charge is 0.248 e. The van der Waals surface area contributed by atoms with Crippen LogP contribution >= 0.6 is 0 Å². The summed E-state index contributed by atoms with van der Waals surface area (Å²) in [5.74, 6) is 0.592. The first-order valence-electron chi connectivity index (χ1n) is 8.98. The fourth-order valence-corrected chi connectivity index (χ4v) is 3.01. The molecule has 0 bridgehead atoms. The molecule has 26 heavy (non-hydrogen) atoms. The molecule has 0 spiro atoms. The minimum absolute atomic E-state index is 0.188. The van der Waals surface area contributed by atoms with Gasteiger partial charge in [0.2, 0.25) is 5.91 Å². The van der Waals surface area contributed by atoms with Gasteiger partial charge in [0.25, 0.3) is 0 Å². The molecule has 1 aliphatic rings. The van der Waals surface area contributed by atoms with Gasteiger partial charge >= 0.3 is 0 Å². The van der Waals surface area contributed by atoms with Crippen LogP contribution in [0.25, 0.3) is 0 Å². The van der Waals surface area contributed by atoms with E-state index in [-0.39, 0.29) is 12.0 Å². The number of hydrogen-bond acceptors (Lipinski definition) is 4. The summed E-state index contributed by atoms with van der Waals surface area (Å²) in [7, 11) is 0. The van der Waals surface area contributed by atoms with Crippen molar-refractivity contribution in [1.29, 1.82) is 0 Å². The molecule has 2 aromatic rings. The standard InChI is InChI=1S/C21H26N2O3/c1-15-14-17(8-9-19(15)26-18-10-12-25-13-11-18)23-20(24)21(2,22)16-6-4-3-5-7-16/h3-9,14,18H,10-13,22H2,1-2H3,(H,23,24). The number of carbonyl (C=O) groups is 1. The third-order valence-electron chi connectivity index (χ3n) is 4.74. The molecule has 2 aromatic carbocycles. The Labute approximate surface area is 154 Å². The maximum Gasteiger partial charge on any atom is 0.248 e. The highest BCUT2D eigenvalue weighted by atomic mass is 16.5. The number of amides is 1. The van der Waals surface area contributed by atoms with Gasteiger partial charge in [-0.15, -0.1) is 0 Å². The van der Waals surface area contributed by atoms with E-state index in [1.165, 1.54) is 0 Å². The number of benzene rings is 2. The summed E-state index contributed by atoms with van der Waals surface area (Å²) < 4.78 is 11.4. The monoisotopic (exact) mass is 354 g/mol. The van der Waals surface area contributed by atoms with Crippen molar-refractivity contribution in [2.24, 2.45) is 5.73 Å². The van der Waals surface area contributed by atoms with Gasteiger partial charge in [-0.3, -0.25) is 4.79 Å². The summed E-state index contributed by atoms with van der Waals surface area (Å²) in [4.78, 5) is 12.7. The van der Waals surface area contributed by atoms with E-state index in [0.29, 0.717) is 5.69 Å². The Balaban J connectivity index is 1.68. The van der Waals surface area contributed by atoms with Crippen molar-refractivity contribution in [3.8, 4) is 5.75 Å². The molecule has 1 amide bonds. The molecule has 1 fully saturated rings. The molecule has 0 aromatic heterocycles. The summed E-state index contributed by atoms with van der Waals surface area (Å²) in [6.07, 6.45) is 1.99. The van der Waals surface area contributed by atoms with Crippen molar-refractivity contribution in [1.82, 2.24) is 0 Å². The number of carbonyl (C=O) groups excluding carboxylic acids is 1. The van der Waals surface area contributed by atoms with Crippen LogP contribution in [0.4, 0.5) is 5.69 Å². The van der Waals surface area contributed by atoms with Crippen molar-refractivity contribution < 1.29 is 14.3 Å². The first-order chi connectivity index (χ1) is 12.5. The maximum absolute atomic E-state index is 12.7.